The molecule has 7 heteroatoms. The van der Waals surface area contributed by atoms with Gasteiger partial charge in [-0.2, -0.15) is 16.6 Å². The van der Waals surface area contributed by atoms with Gasteiger partial charge in [-0.05, 0) is 39.8 Å². The van der Waals surface area contributed by atoms with E-state index in [-0.39, 0.29) is 5.54 Å². The fourth-order valence-corrected chi connectivity index (χ4v) is 2.61. The molecule has 0 aromatic rings. The van der Waals surface area contributed by atoms with Crippen molar-refractivity contribution in [2.24, 2.45) is 0 Å². The predicted molar refractivity (Wildman–Crippen MR) is 69.1 cm³/mol. The quantitative estimate of drug-likeness (QED) is 0.208. The second kappa shape index (κ2) is 7.93. The van der Waals surface area contributed by atoms with Crippen molar-refractivity contribution in [1.82, 2.24) is 38.3 Å². The van der Waals surface area contributed by atoms with Crippen molar-refractivity contribution in [3.63, 3.8) is 0 Å². The van der Waals surface area contributed by atoms with E-state index in [1.54, 1.807) is 0 Å². The Balaban J connectivity index is 2.51. The van der Waals surface area contributed by atoms with Gasteiger partial charge in [0, 0.05) is 6.04 Å². The molecule has 1 saturated carbocycles. The zero-order valence-corrected chi connectivity index (χ0v) is 11.1. The maximum Gasteiger partial charge on any atom is 0.0503 e. The van der Waals surface area contributed by atoms with Crippen LogP contribution in [0, 0.1) is 0 Å². The average molecular weight is 245 g/mol. The molecule has 1 aliphatic carbocycles. The highest BCUT2D eigenvalue weighted by molar-refractivity contribution is 5.01. The van der Waals surface area contributed by atoms with E-state index in [0.29, 0.717) is 6.04 Å². The van der Waals surface area contributed by atoms with Gasteiger partial charge in [0.25, 0.3) is 0 Å². The smallest absolute Gasteiger partial charge is 0.0503 e. The molecular weight excluding hydrogens is 218 g/mol. The zero-order valence-electron chi connectivity index (χ0n) is 11.1. The third kappa shape index (κ3) is 4.14. The van der Waals surface area contributed by atoms with Gasteiger partial charge in [-0.1, -0.05) is 13.3 Å². The standard InChI is InChI=1S/C10H27N7/c1-4-7-10(14-15-11-2)8-5-6-9(10)13-17-16-12-3/h9,11-17H,4-8H2,1-3H3/t9-,10?/m1/s1. The SMILES string of the molecule is CCCC1(NNNC)CCC[C@H]1NNNNC. The lowest BCUT2D eigenvalue weighted by Crippen LogP contribution is -2.66. The first-order valence-corrected chi connectivity index (χ1v) is 6.40. The predicted octanol–water partition coefficient (Wildman–Crippen LogP) is -0.960. The second-order valence-electron chi connectivity index (χ2n) is 4.50. The summed E-state index contributed by atoms with van der Waals surface area (Å²) in [6.45, 7) is 2.22. The largest absolute Gasteiger partial charge is 0.247 e. The van der Waals surface area contributed by atoms with Crippen molar-refractivity contribution < 1.29 is 0 Å². The zero-order chi connectivity index (χ0) is 12.6. The maximum absolute atomic E-state index is 3.41. The summed E-state index contributed by atoms with van der Waals surface area (Å²) >= 11 is 0. The molecule has 0 aliphatic heterocycles. The molecule has 0 bridgehead atoms. The van der Waals surface area contributed by atoms with Gasteiger partial charge >= 0.3 is 0 Å². The van der Waals surface area contributed by atoms with Crippen LogP contribution in [0.3, 0.4) is 0 Å². The van der Waals surface area contributed by atoms with Gasteiger partial charge in [-0.25, -0.2) is 21.7 Å². The van der Waals surface area contributed by atoms with Crippen LogP contribution >= 0.6 is 0 Å². The Morgan fingerprint density at radius 1 is 1.12 bits per heavy atom. The summed E-state index contributed by atoms with van der Waals surface area (Å²) in [6, 6.07) is 0.393. The van der Waals surface area contributed by atoms with E-state index in [0.717, 1.165) is 19.3 Å². The summed E-state index contributed by atoms with van der Waals surface area (Å²) in [7, 11) is 3.69. The van der Waals surface area contributed by atoms with Crippen LogP contribution in [0.5, 0.6) is 0 Å². The van der Waals surface area contributed by atoms with E-state index in [1.807, 2.05) is 14.1 Å². The first kappa shape index (κ1) is 14.8. The average Bonchev–Trinajstić information content (AvgIpc) is 2.71. The highest BCUT2D eigenvalue weighted by atomic mass is 15.7. The Hall–Kier alpha value is -0.280. The fourth-order valence-electron chi connectivity index (χ4n) is 2.61. The first-order valence-electron chi connectivity index (χ1n) is 6.40. The van der Waals surface area contributed by atoms with E-state index >= 15 is 0 Å². The monoisotopic (exact) mass is 245 g/mol. The van der Waals surface area contributed by atoms with E-state index in [4.69, 9.17) is 0 Å². The fraction of sp³-hybridized carbons (Fsp3) is 1.00. The van der Waals surface area contributed by atoms with Gasteiger partial charge in [0.2, 0.25) is 0 Å². The van der Waals surface area contributed by atoms with Crippen LogP contribution in [0.2, 0.25) is 0 Å². The van der Waals surface area contributed by atoms with E-state index < -0.39 is 0 Å². The topological polar surface area (TPSA) is 84.2 Å². The molecule has 1 unspecified atom stereocenters. The normalized spacial score (nSPS) is 28.8. The third-order valence-corrected chi connectivity index (χ3v) is 3.35. The van der Waals surface area contributed by atoms with Crippen molar-refractivity contribution in [2.45, 2.75) is 50.6 Å². The Labute approximate surface area is 104 Å². The minimum Gasteiger partial charge on any atom is -0.247 e. The van der Waals surface area contributed by atoms with Gasteiger partial charge in [0.15, 0.2) is 0 Å². The van der Waals surface area contributed by atoms with Crippen molar-refractivity contribution in [1.29, 1.82) is 0 Å². The number of hydrazine groups is 5. The lowest BCUT2D eigenvalue weighted by molar-refractivity contribution is 0.178. The molecule has 0 heterocycles. The molecule has 1 rings (SSSR count). The van der Waals surface area contributed by atoms with E-state index in [1.165, 1.54) is 12.8 Å². The Morgan fingerprint density at radius 3 is 2.53 bits per heavy atom. The Kier molecular flexibility index (Phi) is 6.90. The molecule has 1 fully saturated rings. The Bertz CT molecular complexity index is 201. The number of nitrogens with one attached hydrogen (secondary N) is 7. The van der Waals surface area contributed by atoms with Crippen molar-refractivity contribution in [3.05, 3.63) is 0 Å². The first-order chi connectivity index (χ1) is 8.29. The van der Waals surface area contributed by atoms with Crippen molar-refractivity contribution in [3.8, 4) is 0 Å². The molecule has 0 aromatic carbocycles. The Morgan fingerprint density at radius 2 is 1.88 bits per heavy atom. The molecule has 0 aromatic heterocycles. The van der Waals surface area contributed by atoms with Crippen LogP contribution in [-0.2, 0) is 0 Å². The molecular formula is C10H27N7. The summed E-state index contributed by atoms with van der Waals surface area (Å²) in [5.74, 6) is 0. The summed E-state index contributed by atoms with van der Waals surface area (Å²) < 4.78 is 0. The molecule has 2 atom stereocenters. The van der Waals surface area contributed by atoms with Gasteiger partial charge in [0.1, 0.15) is 0 Å². The van der Waals surface area contributed by atoms with Gasteiger partial charge in [-0.3, -0.25) is 0 Å². The van der Waals surface area contributed by atoms with Crippen LogP contribution in [0.1, 0.15) is 39.0 Å². The second-order valence-corrected chi connectivity index (χ2v) is 4.50. The maximum atomic E-state index is 3.41. The highest BCUT2D eigenvalue weighted by Crippen LogP contribution is 2.33. The van der Waals surface area contributed by atoms with Gasteiger partial charge < -0.3 is 0 Å². The summed E-state index contributed by atoms with van der Waals surface area (Å²) in [5, 5.41) is 0. The van der Waals surface area contributed by atoms with Gasteiger partial charge in [0.05, 0.1) is 5.54 Å². The molecule has 7 N–H and O–H groups in total. The highest BCUT2D eigenvalue weighted by Gasteiger charge is 2.41. The molecule has 1 aliphatic rings. The minimum atomic E-state index is 0.0974. The van der Waals surface area contributed by atoms with Crippen LogP contribution < -0.4 is 38.3 Å². The molecule has 102 valence electrons. The molecule has 0 spiro atoms. The molecule has 0 amide bonds. The molecule has 17 heavy (non-hydrogen) atoms. The summed E-state index contributed by atoms with van der Waals surface area (Å²) in [4.78, 5) is 0. The summed E-state index contributed by atoms with van der Waals surface area (Å²) in [6.07, 6.45) is 5.87. The van der Waals surface area contributed by atoms with E-state index in [9.17, 15) is 0 Å². The van der Waals surface area contributed by atoms with Crippen LogP contribution in [0.4, 0.5) is 0 Å². The van der Waals surface area contributed by atoms with Crippen molar-refractivity contribution in [2.75, 3.05) is 14.1 Å². The van der Waals surface area contributed by atoms with Crippen molar-refractivity contribution >= 4 is 0 Å². The molecule has 0 saturated heterocycles. The number of hydrogen-bond donors (Lipinski definition) is 7. The number of hydrogen-bond acceptors (Lipinski definition) is 7. The van der Waals surface area contributed by atoms with E-state index in [2.05, 4.69) is 45.2 Å². The molecule has 7 nitrogen and oxygen atoms in total. The van der Waals surface area contributed by atoms with Crippen LogP contribution in [0.15, 0.2) is 0 Å². The minimum absolute atomic E-state index is 0.0974. The molecule has 0 radical (unpaired) electrons. The third-order valence-electron chi connectivity index (χ3n) is 3.35. The van der Waals surface area contributed by atoms with Crippen LogP contribution in [-0.4, -0.2) is 25.7 Å². The van der Waals surface area contributed by atoms with Gasteiger partial charge in [-0.15, -0.1) is 0 Å². The summed E-state index contributed by atoms with van der Waals surface area (Å²) in [5.41, 5.74) is 21.4. The number of rotatable bonds is 9. The lowest BCUT2D eigenvalue weighted by Gasteiger charge is -2.37. The lowest BCUT2D eigenvalue weighted by atomic mass is 9.89. The van der Waals surface area contributed by atoms with Crippen LogP contribution in [0.25, 0.3) is 0 Å².